The van der Waals surface area contributed by atoms with Crippen LogP contribution in [-0.2, 0) is 0 Å². The van der Waals surface area contributed by atoms with Crippen LogP contribution in [0.2, 0.25) is 0 Å². The fraction of sp³-hybridized carbons (Fsp3) is 0.556. The van der Waals surface area contributed by atoms with Gasteiger partial charge in [-0.05, 0) is 102 Å². The molecule has 0 aliphatic heterocycles. The lowest BCUT2D eigenvalue weighted by molar-refractivity contribution is 0.249. The lowest BCUT2D eigenvalue weighted by Crippen LogP contribution is -2.39. The van der Waals surface area contributed by atoms with Gasteiger partial charge in [-0.3, -0.25) is 0 Å². The van der Waals surface area contributed by atoms with Crippen LogP contribution >= 0.6 is 15.8 Å². The van der Waals surface area contributed by atoms with E-state index in [1.807, 2.05) is 5.57 Å². The van der Waals surface area contributed by atoms with Crippen molar-refractivity contribution in [1.29, 1.82) is 0 Å². The number of hydrogen-bond donors (Lipinski definition) is 0. The summed E-state index contributed by atoms with van der Waals surface area (Å²) in [5, 5.41) is 3.70. The van der Waals surface area contributed by atoms with Crippen LogP contribution in [0.1, 0.15) is 78.9 Å². The van der Waals surface area contributed by atoms with Gasteiger partial charge < -0.3 is 0 Å². The van der Waals surface area contributed by atoms with Crippen LogP contribution in [0.5, 0.6) is 0 Å². The number of allylic oxidation sites excluding steroid dienone is 2. The standard InChI is InChI=1S/C36H48P2/c1-11-30(37(31-18-14-12-16-23(31)2)32-19-15-13-17-24(32)3)34-25(4)27-22-29(34)28-20-26(27)21-33(28)38(35(5,6)7)36(8,9)10/h1,12-19,25,28-30,33-34H,20-22H2,2-10H3/t25-,28?,29?,30-,33+,34-/m1/s1. The van der Waals surface area contributed by atoms with E-state index in [0.717, 1.165) is 17.5 Å². The third kappa shape index (κ3) is 4.76. The average Bonchev–Trinajstić information content (AvgIpc) is 3.31. The molecule has 0 aromatic heterocycles. The van der Waals surface area contributed by atoms with Gasteiger partial charge in [-0.2, -0.15) is 0 Å². The van der Waals surface area contributed by atoms with Crippen molar-refractivity contribution < 1.29 is 0 Å². The molecule has 2 saturated carbocycles. The Hall–Kier alpha value is -1.40. The summed E-state index contributed by atoms with van der Waals surface area (Å²) in [7, 11) is -0.793. The van der Waals surface area contributed by atoms with Gasteiger partial charge in [-0.25, -0.2) is 0 Å². The van der Waals surface area contributed by atoms with E-state index >= 15 is 0 Å². The summed E-state index contributed by atoms with van der Waals surface area (Å²) in [5.41, 5.74) is 7.52. The minimum Gasteiger partial charge on any atom is -0.119 e. The normalized spacial score (nSPS) is 27.8. The molecule has 2 aromatic carbocycles. The predicted octanol–water partition coefficient (Wildman–Crippen LogP) is 9.18. The molecule has 2 fully saturated rings. The molecule has 0 radical (unpaired) electrons. The van der Waals surface area contributed by atoms with Crippen molar-refractivity contribution in [3.8, 4) is 12.3 Å². The maximum atomic E-state index is 6.66. The fourth-order valence-corrected chi connectivity index (χ4v) is 17.3. The highest BCUT2D eigenvalue weighted by Crippen LogP contribution is 2.72. The van der Waals surface area contributed by atoms with Crippen molar-refractivity contribution in [2.75, 3.05) is 0 Å². The second kappa shape index (κ2) is 10.2. The van der Waals surface area contributed by atoms with Gasteiger partial charge in [0.25, 0.3) is 0 Å². The highest BCUT2D eigenvalue weighted by molar-refractivity contribution is 7.74. The van der Waals surface area contributed by atoms with Crippen LogP contribution in [-0.4, -0.2) is 21.6 Å². The zero-order valence-corrected chi connectivity index (χ0v) is 27.0. The number of terminal acetylenes is 1. The maximum absolute atomic E-state index is 6.66. The molecule has 0 heterocycles. The summed E-state index contributed by atoms with van der Waals surface area (Å²) in [6.45, 7) is 22.2. The highest BCUT2D eigenvalue weighted by Gasteiger charge is 2.57. The highest BCUT2D eigenvalue weighted by atomic mass is 31.1. The molecule has 6 atom stereocenters. The monoisotopic (exact) mass is 542 g/mol. The number of fused-ring (bicyclic) bond motifs is 5. The molecule has 0 amide bonds. The molecule has 38 heavy (non-hydrogen) atoms. The van der Waals surface area contributed by atoms with E-state index in [-0.39, 0.29) is 13.6 Å². The predicted molar refractivity (Wildman–Crippen MR) is 172 cm³/mol. The summed E-state index contributed by atoms with van der Waals surface area (Å²) >= 11 is 0. The average molecular weight is 543 g/mol. The first-order valence-corrected chi connectivity index (χ1v) is 17.5. The van der Waals surface area contributed by atoms with Crippen LogP contribution < -0.4 is 10.6 Å². The molecule has 202 valence electrons. The van der Waals surface area contributed by atoms with E-state index in [4.69, 9.17) is 6.42 Å². The third-order valence-corrected chi connectivity index (χ3v) is 17.1. The maximum Gasteiger partial charge on any atom is 0.0518 e. The Labute approximate surface area is 236 Å². The Morgan fingerprint density at radius 1 is 0.789 bits per heavy atom. The van der Waals surface area contributed by atoms with Crippen LogP contribution in [0.25, 0.3) is 0 Å². The minimum absolute atomic E-state index is 0.138. The largest absolute Gasteiger partial charge is 0.119 e. The van der Waals surface area contributed by atoms with E-state index in [2.05, 4.69) is 117 Å². The van der Waals surface area contributed by atoms with Crippen LogP contribution in [0, 0.1) is 49.9 Å². The van der Waals surface area contributed by atoms with Crippen molar-refractivity contribution in [3.63, 3.8) is 0 Å². The molecule has 3 aliphatic rings. The van der Waals surface area contributed by atoms with E-state index in [9.17, 15) is 0 Å². The lowest BCUT2D eigenvalue weighted by Gasteiger charge is -2.49. The summed E-state index contributed by atoms with van der Waals surface area (Å²) in [4.78, 5) is 0. The molecule has 2 heteroatoms. The van der Waals surface area contributed by atoms with E-state index in [1.54, 1.807) is 5.57 Å². The SMILES string of the molecule is C#C[C@H]([C@H]1C2CC(=C3CC2[C@@H](P(C(C)(C)C)C(C)(C)C)C3)[C@H]1C)P(c1ccccc1C)c1ccccc1C. The van der Waals surface area contributed by atoms with E-state index in [1.165, 1.54) is 41.0 Å². The summed E-state index contributed by atoms with van der Waals surface area (Å²) < 4.78 is 0. The van der Waals surface area contributed by atoms with Crippen molar-refractivity contribution >= 4 is 26.5 Å². The second-order valence-corrected chi connectivity index (χ2v) is 20.6. The lowest BCUT2D eigenvalue weighted by atomic mass is 9.78. The molecular weight excluding hydrogens is 494 g/mol. The van der Waals surface area contributed by atoms with E-state index in [0.29, 0.717) is 22.1 Å². The van der Waals surface area contributed by atoms with Crippen molar-refractivity contribution in [3.05, 3.63) is 70.8 Å². The van der Waals surface area contributed by atoms with Gasteiger partial charge in [0.15, 0.2) is 0 Å². The third-order valence-electron chi connectivity index (χ3n) is 9.85. The summed E-state index contributed by atoms with van der Waals surface area (Å²) in [5.74, 6) is 6.22. The number of rotatable bonds is 5. The van der Waals surface area contributed by atoms with Gasteiger partial charge in [0.2, 0.25) is 0 Å². The Morgan fingerprint density at radius 3 is 1.79 bits per heavy atom. The molecule has 3 aliphatic carbocycles. The second-order valence-electron chi connectivity index (χ2n) is 14.3. The molecule has 4 bridgehead atoms. The summed E-state index contributed by atoms with van der Waals surface area (Å²) in [6.07, 6.45) is 10.7. The molecule has 2 aromatic rings. The quantitative estimate of drug-likeness (QED) is 0.201. The number of aryl methyl sites for hydroxylation is 2. The van der Waals surface area contributed by atoms with Gasteiger partial charge in [-0.15, -0.1) is 6.42 Å². The van der Waals surface area contributed by atoms with Crippen molar-refractivity contribution in [1.82, 2.24) is 0 Å². The topological polar surface area (TPSA) is 0 Å². The van der Waals surface area contributed by atoms with Gasteiger partial charge in [0.05, 0.1) is 5.66 Å². The molecule has 0 N–H and O–H groups in total. The number of hydrogen-bond acceptors (Lipinski definition) is 0. The molecular formula is C36H48P2. The van der Waals surface area contributed by atoms with Crippen LogP contribution in [0.15, 0.2) is 59.7 Å². The molecule has 0 saturated heterocycles. The van der Waals surface area contributed by atoms with E-state index < -0.39 is 7.92 Å². The fourth-order valence-electron chi connectivity index (χ4n) is 8.93. The number of benzene rings is 2. The first kappa shape index (κ1) is 28.1. The smallest absolute Gasteiger partial charge is 0.0518 e. The Morgan fingerprint density at radius 2 is 1.32 bits per heavy atom. The minimum atomic E-state index is -0.655. The Balaban J connectivity index is 1.61. The molecule has 0 nitrogen and oxygen atoms in total. The Kier molecular flexibility index (Phi) is 7.56. The first-order chi connectivity index (χ1) is 17.8. The van der Waals surface area contributed by atoms with Gasteiger partial charge in [-0.1, -0.05) is 122 Å². The van der Waals surface area contributed by atoms with Crippen molar-refractivity contribution in [2.45, 2.75) is 103 Å². The van der Waals surface area contributed by atoms with Gasteiger partial charge in [0, 0.05) is 0 Å². The molecule has 5 rings (SSSR count). The van der Waals surface area contributed by atoms with Gasteiger partial charge in [0.1, 0.15) is 0 Å². The summed E-state index contributed by atoms with van der Waals surface area (Å²) in [6, 6.07) is 18.1. The van der Waals surface area contributed by atoms with Gasteiger partial charge >= 0.3 is 0 Å². The first-order valence-electron chi connectivity index (χ1n) is 14.7. The molecule has 0 spiro atoms. The zero-order chi connectivity index (χ0) is 27.6. The Bertz CT molecular complexity index is 1200. The van der Waals surface area contributed by atoms with Crippen LogP contribution in [0.4, 0.5) is 0 Å². The molecule has 2 unspecified atom stereocenters. The van der Waals surface area contributed by atoms with Crippen molar-refractivity contribution in [2.24, 2.45) is 23.7 Å². The van der Waals surface area contributed by atoms with Crippen LogP contribution in [0.3, 0.4) is 0 Å². The zero-order valence-electron chi connectivity index (χ0n) is 25.2.